The quantitative estimate of drug-likeness (QED) is 0.656. The van der Waals surface area contributed by atoms with Crippen LogP contribution in [0.15, 0.2) is 48.7 Å². The maximum Gasteiger partial charge on any atom is 0.251 e. The highest BCUT2D eigenvalue weighted by Crippen LogP contribution is 2.18. The van der Waals surface area contributed by atoms with Crippen molar-refractivity contribution in [3.05, 3.63) is 71.4 Å². The second kappa shape index (κ2) is 8.65. The summed E-state index contributed by atoms with van der Waals surface area (Å²) in [6, 6.07) is 10.9. The molecule has 7 heteroatoms. The Balaban J connectivity index is 1.54. The van der Waals surface area contributed by atoms with Gasteiger partial charge in [0.05, 0.1) is 0 Å². The second-order valence-electron chi connectivity index (χ2n) is 6.50. The first kappa shape index (κ1) is 19.5. The van der Waals surface area contributed by atoms with Crippen molar-refractivity contribution in [1.29, 1.82) is 0 Å². The molecule has 1 heterocycles. The number of aromatic nitrogens is 1. The number of rotatable bonds is 7. The van der Waals surface area contributed by atoms with Crippen molar-refractivity contribution in [1.82, 2.24) is 15.2 Å². The number of aromatic amines is 1. The Morgan fingerprint density at radius 3 is 2.61 bits per heavy atom. The molecule has 0 bridgehead atoms. The van der Waals surface area contributed by atoms with E-state index >= 15 is 0 Å². The summed E-state index contributed by atoms with van der Waals surface area (Å²) in [6.07, 6.45) is 2.62. The number of H-pyrrole nitrogens is 1. The number of amides is 2. The topological polar surface area (TPSA) is 65.2 Å². The number of hydrogen-bond acceptors (Lipinski definition) is 2. The fraction of sp³-hybridized carbons (Fsp3) is 0.238. The first-order valence-corrected chi connectivity index (χ1v) is 8.99. The van der Waals surface area contributed by atoms with Crippen LogP contribution in [0.5, 0.6) is 0 Å². The molecule has 2 amide bonds. The van der Waals surface area contributed by atoms with Gasteiger partial charge in [0.15, 0.2) is 11.6 Å². The Morgan fingerprint density at radius 1 is 1.07 bits per heavy atom. The third-order valence-corrected chi connectivity index (χ3v) is 4.62. The van der Waals surface area contributed by atoms with Crippen LogP contribution in [0.25, 0.3) is 10.9 Å². The van der Waals surface area contributed by atoms with E-state index < -0.39 is 17.5 Å². The summed E-state index contributed by atoms with van der Waals surface area (Å²) in [5.41, 5.74) is 2.20. The maximum atomic E-state index is 13.2. The lowest BCUT2D eigenvalue weighted by atomic mass is 10.1. The number of para-hydroxylation sites is 1. The molecule has 0 atom stereocenters. The van der Waals surface area contributed by atoms with Gasteiger partial charge in [-0.25, -0.2) is 8.78 Å². The molecule has 0 saturated carbocycles. The van der Waals surface area contributed by atoms with Crippen molar-refractivity contribution in [3.63, 3.8) is 0 Å². The molecule has 3 rings (SSSR count). The van der Waals surface area contributed by atoms with Gasteiger partial charge in [0.1, 0.15) is 0 Å². The lowest BCUT2D eigenvalue weighted by Crippen LogP contribution is -2.38. The largest absolute Gasteiger partial charge is 0.361 e. The van der Waals surface area contributed by atoms with Crippen LogP contribution >= 0.6 is 0 Å². The smallest absolute Gasteiger partial charge is 0.251 e. The van der Waals surface area contributed by atoms with E-state index in [9.17, 15) is 18.4 Å². The van der Waals surface area contributed by atoms with Crippen LogP contribution in [0.4, 0.5) is 8.78 Å². The van der Waals surface area contributed by atoms with Crippen LogP contribution in [0.2, 0.25) is 0 Å². The molecule has 0 aliphatic rings. The van der Waals surface area contributed by atoms with Crippen LogP contribution in [0.3, 0.4) is 0 Å². The van der Waals surface area contributed by atoms with Gasteiger partial charge in [-0.2, -0.15) is 0 Å². The Kier molecular flexibility index (Phi) is 6.03. The molecule has 0 saturated heterocycles. The lowest BCUT2D eigenvalue weighted by Gasteiger charge is -2.21. The summed E-state index contributed by atoms with van der Waals surface area (Å²) >= 11 is 0. The minimum absolute atomic E-state index is 0.0343. The lowest BCUT2D eigenvalue weighted by molar-refractivity contribution is -0.128. The highest BCUT2D eigenvalue weighted by Gasteiger charge is 2.13. The van der Waals surface area contributed by atoms with Gasteiger partial charge in [0.25, 0.3) is 5.91 Å². The highest BCUT2D eigenvalue weighted by molar-refractivity contribution is 5.94. The molecule has 0 radical (unpaired) electrons. The number of carbonyl (C=O) groups excluding carboxylic acids is 2. The Bertz CT molecular complexity index is 1000. The van der Waals surface area contributed by atoms with Gasteiger partial charge in [-0.1, -0.05) is 18.2 Å². The molecule has 2 N–H and O–H groups in total. The van der Waals surface area contributed by atoms with E-state index in [-0.39, 0.29) is 18.0 Å². The van der Waals surface area contributed by atoms with Crippen molar-refractivity contribution in [2.45, 2.75) is 13.3 Å². The average molecular weight is 385 g/mol. The van der Waals surface area contributed by atoms with E-state index in [0.717, 1.165) is 28.6 Å². The molecule has 0 aliphatic heterocycles. The normalized spacial score (nSPS) is 10.8. The van der Waals surface area contributed by atoms with Gasteiger partial charge in [0.2, 0.25) is 5.91 Å². The number of halogens is 2. The first-order valence-electron chi connectivity index (χ1n) is 8.99. The van der Waals surface area contributed by atoms with Gasteiger partial charge < -0.3 is 15.2 Å². The van der Waals surface area contributed by atoms with E-state index in [0.29, 0.717) is 19.5 Å². The Hall–Kier alpha value is -3.22. The minimum atomic E-state index is -1.07. The molecule has 2 aromatic carbocycles. The van der Waals surface area contributed by atoms with E-state index in [1.165, 1.54) is 13.0 Å². The number of hydrogen-bond donors (Lipinski definition) is 2. The number of fused-ring (bicyclic) bond motifs is 1. The molecule has 0 spiro atoms. The number of benzene rings is 2. The van der Waals surface area contributed by atoms with Crippen molar-refractivity contribution in [2.75, 3.05) is 19.6 Å². The van der Waals surface area contributed by atoms with Gasteiger partial charge in [-0.05, 0) is 36.2 Å². The van der Waals surface area contributed by atoms with Crippen molar-refractivity contribution < 1.29 is 18.4 Å². The first-order chi connectivity index (χ1) is 13.5. The van der Waals surface area contributed by atoms with Gasteiger partial charge >= 0.3 is 0 Å². The van der Waals surface area contributed by atoms with E-state index in [2.05, 4.69) is 10.3 Å². The van der Waals surface area contributed by atoms with E-state index in [1.54, 1.807) is 4.90 Å². The predicted molar refractivity (Wildman–Crippen MR) is 103 cm³/mol. The fourth-order valence-electron chi connectivity index (χ4n) is 3.06. The number of nitrogens with one attached hydrogen (secondary N) is 2. The molecule has 0 fully saturated rings. The fourth-order valence-corrected chi connectivity index (χ4v) is 3.06. The Labute approximate surface area is 161 Å². The molecular weight excluding hydrogens is 364 g/mol. The summed E-state index contributed by atoms with van der Waals surface area (Å²) in [7, 11) is 0. The molecule has 28 heavy (non-hydrogen) atoms. The summed E-state index contributed by atoms with van der Waals surface area (Å²) < 4.78 is 26.2. The SMILES string of the molecule is CC(=O)N(CCNC(=O)c1ccc(F)c(F)c1)CCc1c[nH]c2ccccc12. The van der Waals surface area contributed by atoms with Crippen LogP contribution in [0.1, 0.15) is 22.8 Å². The van der Waals surface area contributed by atoms with Crippen molar-refractivity contribution >= 4 is 22.7 Å². The van der Waals surface area contributed by atoms with Crippen LogP contribution in [-0.4, -0.2) is 41.3 Å². The predicted octanol–water partition coefficient (Wildman–Crippen LogP) is 3.27. The number of carbonyl (C=O) groups is 2. The summed E-state index contributed by atoms with van der Waals surface area (Å²) in [4.78, 5) is 28.8. The molecule has 3 aromatic rings. The van der Waals surface area contributed by atoms with Crippen LogP contribution < -0.4 is 5.32 Å². The van der Waals surface area contributed by atoms with Gasteiger partial charge in [0, 0.05) is 49.2 Å². The zero-order valence-electron chi connectivity index (χ0n) is 15.5. The molecule has 146 valence electrons. The standard InChI is InChI=1S/C21H21F2N3O2/c1-14(27)26(10-8-16-13-25-20-5-3-2-4-17(16)20)11-9-24-21(28)15-6-7-18(22)19(23)12-15/h2-7,12-13,25H,8-11H2,1H3,(H,24,28). The monoisotopic (exact) mass is 385 g/mol. The van der Waals surface area contributed by atoms with Gasteiger partial charge in [-0.3, -0.25) is 9.59 Å². The van der Waals surface area contributed by atoms with E-state index in [4.69, 9.17) is 0 Å². The molecule has 5 nitrogen and oxygen atoms in total. The average Bonchev–Trinajstić information content (AvgIpc) is 3.09. The second-order valence-corrected chi connectivity index (χ2v) is 6.50. The zero-order chi connectivity index (χ0) is 20.1. The third kappa shape index (κ3) is 4.54. The van der Waals surface area contributed by atoms with Crippen molar-refractivity contribution in [2.24, 2.45) is 0 Å². The van der Waals surface area contributed by atoms with Crippen LogP contribution in [0, 0.1) is 11.6 Å². The summed E-state index contributed by atoms with van der Waals surface area (Å²) in [6.45, 7) is 2.53. The third-order valence-electron chi connectivity index (χ3n) is 4.62. The highest BCUT2D eigenvalue weighted by atomic mass is 19.2. The summed E-state index contributed by atoms with van der Waals surface area (Å²) in [5, 5.41) is 3.75. The zero-order valence-corrected chi connectivity index (χ0v) is 15.5. The molecule has 0 aliphatic carbocycles. The molecule has 0 unspecified atom stereocenters. The van der Waals surface area contributed by atoms with E-state index in [1.807, 2.05) is 30.5 Å². The van der Waals surface area contributed by atoms with Gasteiger partial charge in [-0.15, -0.1) is 0 Å². The molecule has 1 aromatic heterocycles. The Morgan fingerprint density at radius 2 is 1.86 bits per heavy atom. The maximum absolute atomic E-state index is 13.2. The minimum Gasteiger partial charge on any atom is -0.361 e. The van der Waals surface area contributed by atoms with Crippen LogP contribution in [-0.2, 0) is 11.2 Å². The molecular formula is C21H21F2N3O2. The van der Waals surface area contributed by atoms with Crippen molar-refractivity contribution in [3.8, 4) is 0 Å². The number of nitrogens with zero attached hydrogens (tertiary/aromatic N) is 1. The summed E-state index contributed by atoms with van der Waals surface area (Å²) in [5.74, 6) is -2.69.